The highest BCUT2D eigenvalue weighted by Gasteiger charge is 2.33. The summed E-state index contributed by atoms with van der Waals surface area (Å²) in [4.78, 5) is 14.2. The van der Waals surface area contributed by atoms with Crippen LogP contribution in [0.3, 0.4) is 0 Å². The van der Waals surface area contributed by atoms with Crippen molar-refractivity contribution in [2.75, 3.05) is 11.9 Å². The zero-order valence-electron chi connectivity index (χ0n) is 9.13. The normalized spacial score (nSPS) is 14.8. The Morgan fingerprint density at radius 2 is 2.12 bits per heavy atom. The molecule has 0 saturated heterocycles. The second kappa shape index (κ2) is 5.59. The van der Waals surface area contributed by atoms with Crippen LogP contribution in [0.5, 0.6) is 0 Å². The number of alkyl halides is 1. The molecular weight excluding hydrogens is 325 g/mol. The second-order valence-electron chi connectivity index (χ2n) is 4.04. The fourth-order valence-corrected chi connectivity index (χ4v) is 2.50. The average molecular weight is 337 g/mol. The molecule has 2 nitrogen and oxygen atoms in total. The van der Waals surface area contributed by atoms with E-state index in [4.69, 9.17) is 23.2 Å². The smallest absolute Gasteiger partial charge is 0.255 e. The van der Waals surface area contributed by atoms with Gasteiger partial charge >= 0.3 is 0 Å². The first kappa shape index (κ1) is 13.2. The van der Waals surface area contributed by atoms with E-state index < -0.39 is 0 Å². The summed E-state index contributed by atoms with van der Waals surface area (Å²) in [5.74, 6) is -0.0283. The standard InChI is InChI=1S/C12H12BrCl2NO/c13-5-6-16(9-2-3-9)12(17)10-7-8(14)1-4-11(10)15/h1,4,7,9H,2-3,5-6H2. The molecule has 0 bridgehead atoms. The number of hydrogen-bond acceptors (Lipinski definition) is 1. The molecule has 5 heteroatoms. The van der Waals surface area contributed by atoms with E-state index in [1.807, 2.05) is 4.90 Å². The van der Waals surface area contributed by atoms with Crippen molar-refractivity contribution in [1.29, 1.82) is 0 Å². The number of carbonyl (C=O) groups is 1. The number of carbonyl (C=O) groups excluding carboxylic acids is 1. The van der Waals surface area contributed by atoms with Crippen LogP contribution in [0.2, 0.25) is 10.0 Å². The Kier molecular flexibility index (Phi) is 4.34. The van der Waals surface area contributed by atoms with Crippen molar-refractivity contribution in [3.8, 4) is 0 Å². The van der Waals surface area contributed by atoms with Gasteiger partial charge in [-0.2, -0.15) is 0 Å². The Hall–Kier alpha value is -0.250. The van der Waals surface area contributed by atoms with Gasteiger partial charge in [0.15, 0.2) is 0 Å². The summed E-state index contributed by atoms with van der Waals surface area (Å²) in [7, 11) is 0. The van der Waals surface area contributed by atoms with Crippen molar-refractivity contribution >= 4 is 45.0 Å². The molecule has 1 aromatic rings. The minimum Gasteiger partial charge on any atom is -0.335 e. The molecule has 92 valence electrons. The van der Waals surface area contributed by atoms with Gasteiger partial charge in [0, 0.05) is 22.9 Å². The van der Waals surface area contributed by atoms with Gasteiger partial charge in [-0.05, 0) is 31.0 Å². The Morgan fingerprint density at radius 1 is 1.41 bits per heavy atom. The van der Waals surface area contributed by atoms with Gasteiger partial charge in [-0.1, -0.05) is 39.1 Å². The second-order valence-corrected chi connectivity index (χ2v) is 5.68. The van der Waals surface area contributed by atoms with Crippen LogP contribution in [0.1, 0.15) is 23.2 Å². The van der Waals surface area contributed by atoms with Crippen LogP contribution in [0.15, 0.2) is 18.2 Å². The van der Waals surface area contributed by atoms with E-state index in [9.17, 15) is 4.79 Å². The van der Waals surface area contributed by atoms with Crippen LogP contribution in [-0.2, 0) is 0 Å². The summed E-state index contributed by atoms with van der Waals surface area (Å²) >= 11 is 15.3. The Morgan fingerprint density at radius 3 is 2.71 bits per heavy atom. The fraction of sp³-hybridized carbons (Fsp3) is 0.417. The van der Waals surface area contributed by atoms with Gasteiger partial charge in [-0.25, -0.2) is 0 Å². The predicted molar refractivity (Wildman–Crippen MR) is 74.3 cm³/mol. The highest BCUT2D eigenvalue weighted by Crippen LogP contribution is 2.30. The molecule has 0 aliphatic heterocycles. The van der Waals surface area contributed by atoms with Gasteiger partial charge in [-0.15, -0.1) is 0 Å². The van der Waals surface area contributed by atoms with Gasteiger partial charge in [0.25, 0.3) is 5.91 Å². The lowest BCUT2D eigenvalue weighted by molar-refractivity contribution is 0.0755. The van der Waals surface area contributed by atoms with Crippen molar-refractivity contribution in [2.45, 2.75) is 18.9 Å². The average Bonchev–Trinajstić information content (AvgIpc) is 3.12. The Bertz CT molecular complexity index is 435. The third-order valence-electron chi connectivity index (χ3n) is 2.73. The molecule has 1 aromatic carbocycles. The summed E-state index contributed by atoms with van der Waals surface area (Å²) in [5, 5.41) is 1.76. The maximum absolute atomic E-state index is 12.4. The Labute approximate surface area is 119 Å². The summed E-state index contributed by atoms with van der Waals surface area (Å²) < 4.78 is 0. The van der Waals surface area contributed by atoms with Gasteiger partial charge in [-0.3, -0.25) is 4.79 Å². The molecule has 2 rings (SSSR count). The molecular formula is C12H12BrCl2NO. The first-order chi connectivity index (χ1) is 8.13. The van der Waals surface area contributed by atoms with E-state index in [0.29, 0.717) is 28.2 Å². The van der Waals surface area contributed by atoms with Crippen LogP contribution in [-0.4, -0.2) is 28.7 Å². The van der Waals surface area contributed by atoms with Gasteiger partial charge < -0.3 is 4.90 Å². The third kappa shape index (κ3) is 3.15. The molecule has 1 saturated carbocycles. The number of nitrogens with zero attached hydrogens (tertiary/aromatic N) is 1. The van der Waals surface area contributed by atoms with Crippen molar-refractivity contribution in [1.82, 2.24) is 4.90 Å². The Balaban J connectivity index is 2.24. The molecule has 17 heavy (non-hydrogen) atoms. The van der Waals surface area contributed by atoms with Crippen molar-refractivity contribution in [3.63, 3.8) is 0 Å². The first-order valence-corrected chi connectivity index (χ1v) is 7.33. The fourth-order valence-electron chi connectivity index (χ4n) is 1.74. The number of benzene rings is 1. The molecule has 0 unspecified atom stereocenters. The molecule has 0 N–H and O–H groups in total. The quantitative estimate of drug-likeness (QED) is 0.761. The number of amides is 1. The van der Waals surface area contributed by atoms with E-state index in [0.717, 1.165) is 18.2 Å². The van der Waals surface area contributed by atoms with Crippen LogP contribution in [0.25, 0.3) is 0 Å². The van der Waals surface area contributed by atoms with Crippen molar-refractivity contribution in [3.05, 3.63) is 33.8 Å². The highest BCUT2D eigenvalue weighted by atomic mass is 79.9. The van der Waals surface area contributed by atoms with Crippen LogP contribution in [0, 0.1) is 0 Å². The van der Waals surface area contributed by atoms with Crippen molar-refractivity contribution < 1.29 is 4.79 Å². The maximum Gasteiger partial charge on any atom is 0.255 e. The molecule has 0 radical (unpaired) electrons. The lowest BCUT2D eigenvalue weighted by atomic mass is 10.2. The minimum absolute atomic E-state index is 0.0283. The lowest BCUT2D eigenvalue weighted by Gasteiger charge is -2.22. The van der Waals surface area contributed by atoms with Crippen LogP contribution >= 0.6 is 39.1 Å². The molecule has 0 heterocycles. The maximum atomic E-state index is 12.4. The molecule has 0 atom stereocenters. The van der Waals surface area contributed by atoms with E-state index in [1.165, 1.54) is 0 Å². The van der Waals surface area contributed by atoms with Gasteiger partial charge in [0.2, 0.25) is 0 Å². The third-order valence-corrected chi connectivity index (χ3v) is 3.65. The van der Waals surface area contributed by atoms with E-state index in [2.05, 4.69) is 15.9 Å². The zero-order chi connectivity index (χ0) is 12.4. The van der Waals surface area contributed by atoms with E-state index >= 15 is 0 Å². The van der Waals surface area contributed by atoms with Gasteiger partial charge in [0.1, 0.15) is 0 Å². The van der Waals surface area contributed by atoms with E-state index in [1.54, 1.807) is 18.2 Å². The predicted octanol–water partition coefficient (Wildman–Crippen LogP) is 3.99. The molecule has 0 aromatic heterocycles. The highest BCUT2D eigenvalue weighted by molar-refractivity contribution is 9.09. The van der Waals surface area contributed by atoms with Crippen molar-refractivity contribution in [2.24, 2.45) is 0 Å². The monoisotopic (exact) mass is 335 g/mol. The van der Waals surface area contributed by atoms with Gasteiger partial charge in [0.05, 0.1) is 10.6 Å². The zero-order valence-corrected chi connectivity index (χ0v) is 12.2. The summed E-state index contributed by atoms with van der Waals surface area (Å²) in [5.41, 5.74) is 0.493. The molecule has 1 fully saturated rings. The summed E-state index contributed by atoms with van der Waals surface area (Å²) in [6.07, 6.45) is 2.16. The number of rotatable bonds is 4. The topological polar surface area (TPSA) is 20.3 Å². The molecule has 1 aliphatic carbocycles. The van der Waals surface area contributed by atoms with E-state index in [-0.39, 0.29) is 5.91 Å². The van der Waals surface area contributed by atoms with Crippen LogP contribution in [0.4, 0.5) is 0 Å². The van der Waals surface area contributed by atoms with Crippen LogP contribution < -0.4 is 0 Å². The lowest BCUT2D eigenvalue weighted by Crippen LogP contribution is -2.34. The minimum atomic E-state index is -0.0283. The summed E-state index contributed by atoms with van der Waals surface area (Å²) in [6, 6.07) is 5.36. The number of halogens is 3. The molecule has 1 aliphatic rings. The summed E-state index contributed by atoms with van der Waals surface area (Å²) in [6.45, 7) is 0.701. The first-order valence-electron chi connectivity index (χ1n) is 5.45. The SMILES string of the molecule is O=C(c1cc(Cl)ccc1Cl)N(CCBr)C1CC1. The molecule has 1 amide bonds. The molecule has 0 spiro atoms. The number of hydrogen-bond donors (Lipinski definition) is 0. The largest absolute Gasteiger partial charge is 0.335 e.